The van der Waals surface area contributed by atoms with Crippen molar-refractivity contribution in [2.75, 3.05) is 32.6 Å². The van der Waals surface area contributed by atoms with E-state index in [1.54, 1.807) is 38.5 Å². The summed E-state index contributed by atoms with van der Waals surface area (Å²) in [4.78, 5) is 15.1. The highest BCUT2D eigenvalue weighted by Crippen LogP contribution is 2.38. The third-order valence-corrected chi connectivity index (χ3v) is 5.59. The molecule has 1 saturated heterocycles. The number of benzene rings is 2. The molecule has 1 aliphatic heterocycles. The van der Waals surface area contributed by atoms with Gasteiger partial charge in [0.2, 0.25) is 5.91 Å². The molecule has 0 aliphatic carbocycles. The van der Waals surface area contributed by atoms with Crippen LogP contribution in [0, 0.1) is 0 Å². The van der Waals surface area contributed by atoms with Crippen LogP contribution in [0.1, 0.15) is 24.4 Å². The maximum Gasteiger partial charge on any atom is 0.288 e. The second-order valence-electron chi connectivity index (χ2n) is 6.69. The number of amides is 1. The largest absolute Gasteiger partial charge is 0.497 e. The first-order valence-corrected chi connectivity index (χ1v) is 10.2. The average molecular weight is 422 g/mol. The van der Waals surface area contributed by atoms with Gasteiger partial charge in [0.25, 0.3) is 5.76 Å². The number of thioether (sulfide) groups is 1. The molecule has 0 saturated carbocycles. The molecule has 0 radical (unpaired) electrons. The fourth-order valence-corrected chi connectivity index (χ4v) is 4.07. The first-order valence-electron chi connectivity index (χ1n) is 9.31. The predicted octanol–water partition coefficient (Wildman–Crippen LogP) is 4.79. The second kappa shape index (κ2) is 9.93. The van der Waals surface area contributed by atoms with Crippen LogP contribution < -0.4 is 14.8 Å². The van der Waals surface area contributed by atoms with E-state index in [1.807, 2.05) is 18.2 Å². The van der Waals surface area contributed by atoms with Crippen LogP contribution >= 0.6 is 11.8 Å². The lowest BCUT2D eigenvalue weighted by molar-refractivity contribution is -0.117. The average Bonchev–Trinajstić information content (AvgIpc) is 3.16. The number of carbonyl (C=O) groups excluding carboxylic acids is 1. The van der Waals surface area contributed by atoms with Crippen molar-refractivity contribution in [3.63, 3.8) is 0 Å². The van der Waals surface area contributed by atoms with Crippen LogP contribution in [0.25, 0.3) is 0 Å². The van der Waals surface area contributed by atoms with Crippen molar-refractivity contribution < 1.29 is 23.0 Å². The van der Waals surface area contributed by atoms with Gasteiger partial charge in [-0.15, -0.1) is 0 Å². The van der Waals surface area contributed by atoms with Gasteiger partial charge in [-0.3, -0.25) is 9.69 Å². The summed E-state index contributed by atoms with van der Waals surface area (Å²) in [6.07, 6.45) is 1.91. The number of rotatable bonds is 8. The van der Waals surface area contributed by atoms with Crippen molar-refractivity contribution in [1.82, 2.24) is 4.90 Å². The Morgan fingerprint density at radius 2 is 1.97 bits per heavy atom. The van der Waals surface area contributed by atoms with E-state index < -0.39 is 5.76 Å². The Morgan fingerprint density at radius 3 is 2.62 bits per heavy atom. The highest BCUT2D eigenvalue weighted by atomic mass is 32.2. The van der Waals surface area contributed by atoms with Crippen molar-refractivity contribution in [1.29, 1.82) is 0 Å². The van der Waals surface area contributed by atoms with E-state index in [2.05, 4.69) is 10.2 Å². The quantitative estimate of drug-likeness (QED) is 0.620. The molecule has 1 aliphatic rings. The SMILES string of the molecule is COc1ccc(OC)c([C@H]2CCCN2CC(=O)Nc2ccc(SC(F)F)cc2)c1. The molecule has 1 fully saturated rings. The van der Waals surface area contributed by atoms with Crippen LogP contribution in [0.5, 0.6) is 11.5 Å². The van der Waals surface area contributed by atoms with Crippen molar-refractivity contribution in [3.8, 4) is 11.5 Å². The standard InChI is InChI=1S/C21H24F2N2O3S/c1-27-15-7-10-19(28-2)17(12-15)18-4-3-11-25(18)13-20(26)24-14-5-8-16(9-6-14)29-21(22)23/h5-10,12,18,21H,3-4,11,13H2,1-2H3,(H,24,26)/t18-/m1/s1. The highest BCUT2D eigenvalue weighted by Gasteiger charge is 2.30. The van der Waals surface area contributed by atoms with Crippen molar-refractivity contribution in [2.24, 2.45) is 0 Å². The first kappa shape index (κ1) is 21.4. The molecule has 156 valence electrons. The lowest BCUT2D eigenvalue weighted by atomic mass is 10.0. The Kier molecular flexibility index (Phi) is 7.33. The molecule has 2 aromatic rings. The molecule has 1 heterocycles. The van der Waals surface area contributed by atoms with Crippen molar-refractivity contribution in [2.45, 2.75) is 29.5 Å². The van der Waals surface area contributed by atoms with Gasteiger partial charge in [0, 0.05) is 22.2 Å². The van der Waals surface area contributed by atoms with E-state index in [9.17, 15) is 13.6 Å². The Bertz CT molecular complexity index is 833. The summed E-state index contributed by atoms with van der Waals surface area (Å²) in [6, 6.07) is 12.2. The van der Waals surface area contributed by atoms with E-state index in [0.29, 0.717) is 22.3 Å². The fraction of sp³-hybridized carbons (Fsp3) is 0.381. The molecule has 1 N–H and O–H groups in total. The van der Waals surface area contributed by atoms with E-state index in [4.69, 9.17) is 9.47 Å². The van der Waals surface area contributed by atoms with Gasteiger partial charge in [0.05, 0.1) is 20.8 Å². The molecule has 1 amide bonds. The molecule has 0 aromatic heterocycles. The summed E-state index contributed by atoms with van der Waals surface area (Å²) >= 11 is 0.480. The van der Waals surface area contributed by atoms with Gasteiger partial charge in [-0.1, -0.05) is 11.8 Å². The predicted molar refractivity (Wildman–Crippen MR) is 110 cm³/mol. The van der Waals surface area contributed by atoms with Crippen LogP contribution in [-0.4, -0.2) is 43.9 Å². The van der Waals surface area contributed by atoms with Gasteiger partial charge in [0.15, 0.2) is 0 Å². The number of anilines is 1. The zero-order chi connectivity index (χ0) is 20.8. The monoisotopic (exact) mass is 422 g/mol. The number of methoxy groups -OCH3 is 2. The van der Waals surface area contributed by atoms with E-state index in [0.717, 1.165) is 36.4 Å². The molecule has 2 aromatic carbocycles. The van der Waals surface area contributed by atoms with Crippen LogP contribution in [-0.2, 0) is 4.79 Å². The summed E-state index contributed by atoms with van der Waals surface area (Å²) in [5, 5.41) is 2.84. The maximum absolute atomic E-state index is 12.6. The normalized spacial score (nSPS) is 16.8. The van der Waals surface area contributed by atoms with E-state index >= 15 is 0 Å². The Labute approximate surface area is 173 Å². The Balaban J connectivity index is 1.65. The number of hydrogen-bond donors (Lipinski definition) is 1. The van der Waals surface area contributed by atoms with Crippen LogP contribution in [0.3, 0.4) is 0 Å². The summed E-state index contributed by atoms with van der Waals surface area (Å²) in [5.41, 5.74) is 1.59. The van der Waals surface area contributed by atoms with Gasteiger partial charge in [-0.05, 0) is 61.9 Å². The molecule has 3 rings (SSSR count). The third kappa shape index (κ3) is 5.61. The summed E-state index contributed by atoms with van der Waals surface area (Å²) in [6.45, 7) is 1.04. The van der Waals surface area contributed by atoms with E-state index in [-0.39, 0.29) is 18.5 Å². The molecule has 0 unspecified atom stereocenters. The minimum absolute atomic E-state index is 0.0654. The molecule has 5 nitrogen and oxygen atoms in total. The maximum atomic E-state index is 12.6. The molecule has 29 heavy (non-hydrogen) atoms. The minimum atomic E-state index is -2.46. The fourth-order valence-electron chi connectivity index (χ4n) is 3.57. The number of alkyl halides is 2. The van der Waals surface area contributed by atoms with Gasteiger partial charge in [0.1, 0.15) is 11.5 Å². The number of nitrogens with zero attached hydrogens (tertiary/aromatic N) is 1. The van der Waals surface area contributed by atoms with Gasteiger partial charge in [-0.25, -0.2) is 0 Å². The molecule has 1 atom stereocenters. The summed E-state index contributed by atoms with van der Waals surface area (Å²) in [5.74, 6) is -1.08. The number of hydrogen-bond acceptors (Lipinski definition) is 5. The molecule has 0 bridgehead atoms. The first-order chi connectivity index (χ1) is 14.0. The molecular weight excluding hydrogens is 398 g/mol. The second-order valence-corrected chi connectivity index (χ2v) is 7.75. The van der Waals surface area contributed by atoms with Crippen LogP contribution in [0.4, 0.5) is 14.5 Å². The zero-order valence-corrected chi connectivity index (χ0v) is 17.2. The van der Waals surface area contributed by atoms with E-state index in [1.165, 1.54) is 0 Å². The summed E-state index contributed by atoms with van der Waals surface area (Å²) in [7, 11) is 3.25. The van der Waals surface area contributed by atoms with Crippen molar-refractivity contribution >= 4 is 23.4 Å². The third-order valence-electron chi connectivity index (χ3n) is 4.87. The van der Waals surface area contributed by atoms with Gasteiger partial charge >= 0.3 is 0 Å². The van der Waals surface area contributed by atoms with Gasteiger partial charge < -0.3 is 14.8 Å². The van der Waals surface area contributed by atoms with Crippen LogP contribution in [0.2, 0.25) is 0 Å². The molecule has 8 heteroatoms. The Morgan fingerprint density at radius 1 is 1.21 bits per heavy atom. The molecular formula is C21H24F2N2O3S. The number of ether oxygens (including phenoxy) is 2. The number of halogens is 2. The van der Waals surface area contributed by atoms with Crippen LogP contribution in [0.15, 0.2) is 47.4 Å². The smallest absolute Gasteiger partial charge is 0.288 e. The lowest BCUT2D eigenvalue weighted by Crippen LogP contribution is -2.33. The topological polar surface area (TPSA) is 50.8 Å². The molecule has 0 spiro atoms. The number of nitrogens with one attached hydrogen (secondary N) is 1. The van der Waals surface area contributed by atoms with Crippen molar-refractivity contribution in [3.05, 3.63) is 48.0 Å². The Hall–Kier alpha value is -2.32. The highest BCUT2D eigenvalue weighted by molar-refractivity contribution is 7.99. The van der Waals surface area contributed by atoms with Gasteiger partial charge in [-0.2, -0.15) is 8.78 Å². The zero-order valence-electron chi connectivity index (χ0n) is 16.4. The number of carbonyl (C=O) groups is 1. The lowest BCUT2D eigenvalue weighted by Gasteiger charge is -2.26. The minimum Gasteiger partial charge on any atom is -0.497 e. The summed E-state index contributed by atoms with van der Waals surface area (Å²) < 4.78 is 35.7. The number of likely N-dealkylation sites (tertiary alicyclic amines) is 1.